The molecule has 0 aliphatic carbocycles. The van der Waals surface area contributed by atoms with Gasteiger partial charge in [0.15, 0.2) is 5.88 Å². The summed E-state index contributed by atoms with van der Waals surface area (Å²) in [4.78, 5) is 23.3. The van der Waals surface area contributed by atoms with Crippen molar-refractivity contribution in [3.05, 3.63) is 27.0 Å². The number of hydrogen-bond donors (Lipinski definition) is 3. The quantitative estimate of drug-likeness (QED) is 0.302. The molecule has 8 nitrogen and oxygen atoms in total. The van der Waals surface area contributed by atoms with E-state index in [0.717, 1.165) is 4.57 Å². The van der Waals surface area contributed by atoms with Gasteiger partial charge in [0.1, 0.15) is 5.56 Å². The SMILES string of the molecule is CCn1c(O)c(CSOOO)c(C)c(C(N)=O)c1=O. The maximum absolute atomic E-state index is 12.0. The van der Waals surface area contributed by atoms with Crippen molar-refractivity contribution in [2.45, 2.75) is 26.1 Å². The molecule has 1 amide bonds. The van der Waals surface area contributed by atoms with Gasteiger partial charge in [0.25, 0.3) is 11.5 Å². The Kier molecular flexibility index (Phi) is 5.36. The van der Waals surface area contributed by atoms with E-state index in [0.29, 0.717) is 17.6 Å². The Morgan fingerprint density at radius 1 is 1.53 bits per heavy atom. The van der Waals surface area contributed by atoms with Crippen LogP contribution in [0, 0.1) is 6.92 Å². The predicted octanol–water partition coefficient (Wildman–Crippen LogP) is 0.551. The van der Waals surface area contributed by atoms with Crippen LogP contribution in [0.15, 0.2) is 4.79 Å². The lowest BCUT2D eigenvalue weighted by Gasteiger charge is -2.15. The van der Waals surface area contributed by atoms with Crippen LogP contribution >= 0.6 is 12.0 Å². The predicted molar refractivity (Wildman–Crippen MR) is 67.4 cm³/mol. The second kappa shape index (κ2) is 6.57. The summed E-state index contributed by atoms with van der Waals surface area (Å²) in [6.07, 6.45) is 0. The monoisotopic (exact) mass is 290 g/mol. The minimum atomic E-state index is -0.865. The molecule has 1 aromatic rings. The normalized spacial score (nSPS) is 10.7. The lowest BCUT2D eigenvalue weighted by molar-refractivity contribution is -0.432. The van der Waals surface area contributed by atoms with Gasteiger partial charge in [-0.2, -0.15) is 0 Å². The molecule has 0 unspecified atom stereocenters. The number of amides is 1. The van der Waals surface area contributed by atoms with Crippen LogP contribution in [0.5, 0.6) is 5.88 Å². The first-order valence-corrected chi connectivity index (χ1v) is 6.21. The van der Waals surface area contributed by atoms with E-state index < -0.39 is 11.5 Å². The van der Waals surface area contributed by atoms with Gasteiger partial charge in [-0.3, -0.25) is 14.2 Å². The van der Waals surface area contributed by atoms with Crippen molar-refractivity contribution in [1.29, 1.82) is 0 Å². The highest BCUT2D eigenvalue weighted by atomic mass is 32.2. The Hall–Kier alpha value is -1.55. The van der Waals surface area contributed by atoms with E-state index in [1.54, 1.807) is 6.92 Å². The van der Waals surface area contributed by atoms with Crippen LogP contribution in [0.4, 0.5) is 0 Å². The van der Waals surface area contributed by atoms with Gasteiger partial charge in [-0.05, 0) is 19.4 Å². The van der Waals surface area contributed by atoms with Crippen LogP contribution in [-0.4, -0.2) is 20.8 Å². The summed E-state index contributed by atoms with van der Waals surface area (Å²) in [5.41, 5.74) is 4.93. The van der Waals surface area contributed by atoms with Gasteiger partial charge in [-0.15, -0.1) is 4.33 Å². The molecule has 0 aliphatic rings. The fourth-order valence-corrected chi connectivity index (χ4v) is 2.29. The molecule has 1 rings (SSSR count). The largest absolute Gasteiger partial charge is 0.494 e. The zero-order valence-corrected chi connectivity index (χ0v) is 11.2. The molecule has 1 aromatic heterocycles. The van der Waals surface area contributed by atoms with E-state index in [2.05, 4.69) is 9.37 Å². The first-order chi connectivity index (χ1) is 8.95. The van der Waals surface area contributed by atoms with Gasteiger partial charge in [-0.25, -0.2) is 5.26 Å². The molecule has 0 saturated carbocycles. The molecule has 0 saturated heterocycles. The smallest absolute Gasteiger partial charge is 0.266 e. The minimum absolute atomic E-state index is 0.0544. The first-order valence-electron chi connectivity index (χ1n) is 5.30. The second-order valence-corrected chi connectivity index (χ2v) is 4.28. The number of nitrogens with zero attached hydrogens (tertiary/aromatic N) is 1. The molecule has 0 aliphatic heterocycles. The number of aromatic nitrogens is 1. The van der Waals surface area contributed by atoms with E-state index in [1.165, 1.54) is 6.92 Å². The first kappa shape index (κ1) is 15.5. The molecule has 0 bridgehead atoms. The number of aromatic hydroxyl groups is 1. The molecule has 106 valence electrons. The lowest BCUT2D eigenvalue weighted by atomic mass is 10.1. The number of hydrogen-bond acceptors (Lipinski definition) is 7. The molecule has 0 atom stereocenters. The summed E-state index contributed by atoms with van der Waals surface area (Å²) in [5.74, 6) is -1.09. The fourth-order valence-electron chi connectivity index (χ4n) is 1.73. The molecule has 19 heavy (non-hydrogen) atoms. The standard InChI is InChI=1S/C10H14N2O6S/c1-3-12-9(14)6(4-19-18-17-16)5(2)7(8(11)13)10(12)15/h14,16H,3-4H2,1-2H3,(H2,11,13). The summed E-state index contributed by atoms with van der Waals surface area (Å²) < 4.78 is 5.24. The Bertz CT molecular complexity index is 542. The van der Waals surface area contributed by atoms with Gasteiger partial charge >= 0.3 is 0 Å². The second-order valence-electron chi connectivity index (χ2n) is 3.62. The number of carbonyl (C=O) groups excluding carboxylic acids is 1. The van der Waals surface area contributed by atoms with E-state index in [1.807, 2.05) is 0 Å². The highest BCUT2D eigenvalue weighted by Crippen LogP contribution is 2.26. The number of pyridine rings is 1. The highest BCUT2D eigenvalue weighted by molar-refractivity contribution is 7.93. The van der Waals surface area contributed by atoms with Crippen molar-refractivity contribution in [3.8, 4) is 5.88 Å². The van der Waals surface area contributed by atoms with Gasteiger partial charge < -0.3 is 10.8 Å². The van der Waals surface area contributed by atoms with Crippen molar-refractivity contribution < 1.29 is 24.5 Å². The van der Waals surface area contributed by atoms with E-state index in [4.69, 9.17) is 11.0 Å². The van der Waals surface area contributed by atoms with E-state index in [-0.39, 0.29) is 29.3 Å². The van der Waals surface area contributed by atoms with Gasteiger partial charge in [-0.1, -0.05) is 5.04 Å². The molecule has 1 heterocycles. The Balaban J connectivity index is 3.41. The van der Waals surface area contributed by atoms with Crippen molar-refractivity contribution in [2.24, 2.45) is 5.73 Å². The summed E-state index contributed by atoms with van der Waals surface area (Å²) in [6, 6.07) is 0. The van der Waals surface area contributed by atoms with Gasteiger partial charge in [0.2, 0.25) is 0 Å². The zero-order chi connectivity index (χ0) is 14.6. The average molecular weight is 290 g/mol. The summed E-state index contributed by atoms with van der Waals surface area (Å²) in [7, 11) is 0. The third-order valence-corrected chi connectivity index (χ3v) is 3.22. The van der Waals surface area contributed by atoms with E-state index in [9.17, 15) is 14.7 Å². The Morgan fingerprint density at radius 2 is 2.16 bits per heavy atom. The molecule has 0 radical (unpaired) electrons. The Labute approximate surface area is 112 Å². The topological polar surface area (TPSA) is 124 Å². The molecular formula is C10H14N2O6S. The number of rotatable bonds is 6. The van der Waals surface area contributed by atoms with Crippen molar-refractivity contribution >= 4 is 17.9 Å². The average Bonchev–Trinajstić information content (AvgIpc) is 2.33. The summed E-state index contributed by atoms with van der Waals surface area (Å²) >= 11 is 0.680. The van der Waals surface area contributed by atoms with E-state index >= 15 is 0 Å². The molecule has 9 heteroatoms. The number of primary amides is 1. The number of nitrogens with two attached hydrogens (primary N) is 1. The lowest BCUT2D eigenvalue weighted by Crippen LogP contribution is -2.31. The van der Waals surface area contributed by atoms with Crippen LogP contribution in [0.3, 0.4) is 0 Å². The fraction of sp³-hybridized carbons (Fsp3) is 0.400. The maximum Gasteiger partial charge on any atom is 0.266 e. The molecule has 4 N–H and O–H groups in total. The summed E-state index contributed by atoms with van der Waals surface area (Å²) in [6.45, 7) is 3.32. The van der Waals surface area contributed by atoms with Crippen LogP contribution in [0.1, 0.15) is 28.4 Å². The van der Waals surface area contributed by atoms with Gasteiger partial charge in [0, 0.05) is 24.2 Å². The zero-order valence-electron chi connectivity index (χ0n) is 10.4. The minimum Gasteiger partial charge on any atom is -0.494 e. The third kappa shape index (κ3) is 3.07. The van der Waals surface area contributed by atoms with Gasteiger partial charge in [0.05, 0.1) is 5.75 Å². The Morgan fingerprint density at radius 3 is 2.63 bits per heavy atom. The molecule has 0 aromatic carbocycles. The van der Waals surface area contributed by atoms with Crippen molar-refractivity contribution in [2.75, 3.05) is 0 Å². The highest BCUT2D eigenvalue weighted by Gasteiger charge is 2.21. The molecule has 0 spiro atoms. The maximum atomic E-state index is 12.0. The third-order valence-electron chi connectivity index (χ3n) is 2.66. The summed E-state index contributed by atoms with van der Waals surface area (Å²) in [5, 5.41) is 21.5. The van der Waals surface area contributed by atoms with Crippen LogP contribution in [0.2, 0.25) is 0 Å². The van der Waals surface area contributed by atoms with Crippen LogP contribution < -0.4 is 11.3 Å². The molecular weight excluding hydrogens is 276 g/mol. The van der Waals surface area contributed by atoms with Crippen molar-refractivity contribution in [1.82, 2.24) is 4.57 Å². The van der Waals surface area contributed by atoms with Crippen molar-refractivity contribution in [3.63, 3.8) is 0 Å². The molecule has 0 fully saturated rings. The van der Waals surface area contributed by atoms with Crippen LogP contribution in [-0.2, 0) is 21.7 Å². The van der Waals surface area contributed by atoms with Crippen LogP contribution in [0.25, 0.3) is 0 Å². The number of carbonyl (C=O) groups is 1.